The van der Waals surface area contributed by atoms with Gasteiger partial charge in [0.2, 0.25) is 5.91 Å². The van der Waals surface area contributed by atoms with Crippen LogP contribution in [0.15, 0.2) is 64.6 Å². The van der Waals surface area contributed by atoms with Crippen molar-refractivity contribution in [3.63, 3.8) is 0 Å². The molecule has 0 aliphatic heterocycles. The van der Waals surface area contributed by atoms with Gasteiger partial charge >= 0.3 is 5.91 Å². The molecule has 0 spiro atoms. The maximum Gasteiger partial charge on any atom is 0.305 e. The van der Waals surface area contributed by atoms with Crippen LogP contribution in [0.3, 0.4) is 0 Å². The lowest BCUT2D eigenvalue weighted by Crippen LogP contribution is -2.40. The van der Waals surface area contributed by atoms with Crippen LogP contribution in [-0.4, -0.2) is 22.7 Å². The van der Waals surface area contributed by atoms with Gasteiger partial charge in [-0.15, -0.1) is 11.3 Å². The van der Waals surface area contributed by atoms with Crippen LogP contribution < -0.4 is 15.8 Å². The van der Waals surface area contributed by atoms with Gasteiger partial charge in [-0.1, -0.05) is 18.2 Å². The molecule has 0 radical (unpaired) electrons. The lowest BCUT2D eigenvalue weighted by atomic mass is 10.3. The van der Waals surface area contributed by atoms with Crippen molar-refractivity contribution >= 4 is 46.0 Å². The summed E-state index contributed by atoms with van der Waals surface area (Å²) in [7, 11) is 0. The Bertz CT molecular complexity index is 996. The van der Waals surface area contributed by atoms with E-state index in [0.29, 0.717) is 16.5 Å². The van der Waals surface area contributed by atoms with E-state index in [-0.39, 0.29) is 11.7 Å². The van der Waals surface area contributed by atoms with E-state index in [1.54, 1.807) is 11.4 Å². The second kappa shape index (κ2) is 8.78. The zero-order valence-corrected chi connectivity index (χ0v) is 15.6. The Morgan fingerprint density at radius 2 is 1.89 bits per heavy atom. The van der Waals surface area contributed by atoms with E-state index in [0.717, 1.165) is 0 Å². The Morgan fingerprint density at radius 3 is 2.57 bits per heavy atom. The van der Waals surface area contributed by atoms with Gasteiger partial charge in [-0.25, -0.2) is 4.98 Å². The fourth-order valence-electron chi connectivity index (χ4n) is 2.25. The van der Waals surface area contributed by atoms with Crippen LogP contribution >= 0.6 is 11.3 Å². The van der Waals surface area contributed by atoms with Crippen LogP contribution in [-0.2, 0) is 9.59 Å². The Balaban J connectivity index is 1.62. The van der Waals surface area contributed by atoms with E-state index in [9.17, 15) is 14.4 Å². The average Bonchev–Trinajstić information content (AvgIpc) is 3.37. The third-order valence-corrected chi connectivity index (χ3v) is 4.32. The summed E-state index contributed by atoms with van der Waals surface area (Å²) in [6.45, 7) is 1.46. The second-order valence-electron chi connectivity index (χ2n) is 5.50. The minimum atomic E-state index is -0.567. The Hall–Kier alpha value is -3.72. The number of benzene rings is 1. The highest BCUT2D eigenvalue weighted by Crippen LogP contribution is 2.28. The summed E-state index contributed by atoms with van der Waals surface area (Å²) in [5.41, 5.74) is 5.68. The van der Waals surface area contributed by atoms with Gasteiger partial charge in [0.15, 0.2) is 10.9 Å². The van der Waals surface area contributed by atoms with Crippen molar-refractivity contribution in [2.24, 2.45) is 0 Å². The number of amides is 3. The highest BCUT2D eigenvalue weighted by molar-refractivity contribution is 7.14. The summed E-state index contributed by atoms with van der Waals surface area (Å²) >= 11 is 1.28. The van der Waals surface area contributed by atoms with E-state index in [4.69, 9.17) is 4.42 Å². The molecule has 3 rings (SSSR count). The number of nitrogens with one attached hydrogen (secondary N) is 2. The molecule has 2 aromatic heterocycles. The molecule has 1 aromatic carbocycles. The quantitative estimate of drug-likeness (QED) is 0.510. The monoisotopic (exact) mass is 396 g/mol. The molecule has 28 heavy (non-hydrogen) atoms. The van der Waals surface area contributed by atoms with Gasteiger partial charge in [0.05, 0.1) is 17.6 Å². The topological polar surface area (TPSA) is 105 Å². The third-order valence-electron chi connectivity index (χ3n) is 3.48. The number of carbonyl (C=O) groups is 3. The maximum atomic E-state index is 12.0. The Morgan fingerprint density at radius 1 is 1.11 bits per heavy atom. The molecule has 2 N–H and O–H groups in total. The van der Waals surface area contributed by atoms with Crippen LogP contribution in [0.2, 0.25) is 0 Å². The van der Waals surface area contributed by atoms with Crippen molar-refractivity contribution in [1.82, 2.24) is 15.8 Å². The second-order valence-corrected chi connectivity index (χ2v) is 6.34. The van der Waals surface area contributed by atoms with Crippen molar-refractivity contribution in [1.29, 1.82) is 0 Å². The van der Waals surface area contributed by atoms with Crippen molar-refractivity contribution in [2.75, 3.05) is 4.90 Å². The molecule has 9 heteroatoms. The summed E-state index contributed by atoms with van der Waals surface area (Å²) in [5, 5.41) is 2.21. The van der Waals surface area contributed by atoms with E-state index in [1.165, 1.54) is 47.6 Å². The number of rotatable bonds is 5. The third kappa shape index (κ3) is 4.71. The first kappa shape index (κ1) is 19.1. The number of nitrogens with zero attached hydrogens (tertiary/aromatic N) is 2. The minimum Gasteiger partial charge on any atom is -0.459 e. The zero-order chi connectivity index (χ0) is 19.9. The molecule has 0 aliphatic carbocycles. The number of para-hydroxylation sites is 1. The Kier molecular flexibility index (Phi) is 5.97. The average molecular weight is 396 g/mol. The predicted molar refractivity (Wildman–Crippen MR) is 105 cm³/mol. The lowest BCUT2D eigenvalue weighted by Gasteiger charge is -2.17. The van der Waals surface area contributed by atoms with Crippen LogP contribution in [0.1, 0.15) is 23.2 Å². The molecule has 2 heterocycles. The first-order chi connectivity index (χ1) is 13.5. The van der Waals surface area contributed by atoms with Gasteiger partial charge in [0, 0.05) is 18.4 Å². The van der Waals surface area contributed by atoms with Gasteiger partial charge in [-0.2, -0.15) is 0 Å². The molecule has 3 amide bonds. The van der Waals surface area contributed by atoms with Gasteiger partial charge < -0.3 is 4.42 Å². The molecule has 0 fully saturated rings. The van der Waals surface area contributed by atoms with Crippen LogP contribution in [0, 0.1) is 0 Å². The molecule has 0 saturated carbocycles. The Labute approximate surface area is 164 Å². The van der Waals surface area contributed by atoms with Gasteiger partial charge in [0.25, 0.3) is 5.91 Å². The number of hydrazine groups is 1. The molecule has 0 saturated heterocycles. The van der Waals surface area contributed by atoms with Crippen molar-refractivity contribution in [2.45, 2.75) is 6.92 Å². The van der Waals surface area contributed by atoms with Gasteiger partial charge in [-0.05, 0) is 30.3 Å². The number of hydrogen-bond acceptors (Lipinski definition) is 6. The van der Waals surface area contributed by atoms with Crippen molar-refractivity contribution in [3.05, 3.63) is 71.6 Å². The zero-order valence-electron chi connectivity index (χ0n) is 14.8. The molecule has 0 atom stereocenters. The summed E-state index contributed by atoms with van der Waals surface area (Å²) in [4.78, 5) is 41.4. The normalized spacial score (nSPS) is 10.6. The molecule has 3 aromatic rings. The van der Waals surface area contributed by atoms with Crippen molar-refractivity contribution < 1.29 is 18.8 Å². The fraction of sp³-hybridized carbons (Fsp3) is 0.0526. The van der Waals surface area contributed by atoms with Crippen LogP contribution in [0.4, 0.5) is 10.8 Å². The molecule has 142 valence electrons. The van der Waals surface area contributed by atoms with Gasteiger partial charge in [-0.3, -0.25) is 30.1 Å². The first-order valence-electron chi connectivity index (χ1n) is 8.18. The van der Waals surface area contributed by atoms with Gasteiger partial charge in [0.1, 0.15) is 0 Å². The van der Waals surface area contributed by atoms with Crippen molar-refractivity contribution in [3.8, 4) is 0 Å². The number of furan rings is 1. The minimum absolute atomic E-state index is 0.0821. The summed E-state index contributed by atoms with van der Waals surface area (Å²) in [6, 6.07) is 12.2. The molecule has 0 unspecified atom stereocenters. The molecule has 8 nitrogen and oxygen atoms in total. The summed E-state index contributed by atoms with van der Waals surface area (Å²) in [5.74, 6) is -1.20. The number of hydrogen-bond donors (Lipinski definition) is 2. The number of anilines is 2. The highest BCUT2D eigenvalue weighted by atomic mass is 32.1. The predicted octanol–water partition coefficient (Wildman–Crippen LogP) is 2.90. The van der Waals surface area contributed by atoms with Crippen LogP contribution in [0.25, 0.3) is 6.08 Å². The summed E-state index contributed by atoms with van der Waals surface area (Å²) in [6.07, 6.45) is 4.07. The lowest BCUT2D eigenvalue weighted by molar-refractivity contribution is -0.117. The molecular formula is C19H16N4O4S. The highest BCUT2D eigenvalue weighted by Gasteiger charge is 2.17. The maximum absolute atomic E-state index is 12.0. The van der Waals surface area contributed by atoms with Crippen LogP contribution in [0.5, 0.6) is 0 Å². The first-order valence-corrected chi connectivity index (χ1v) is 9.06. The largest absolute Gasteiger partial charge is 0.459 e. The fourth-order valence-corrected chi connectivity index (χ4v) is 3.10. The van der Waals surface area contributed by atoms with E-state index in [1.807, 2.05) is 30.3 Å². The van der Waals surface area contributed by atoms with E-state index in [2.05, 4.69) is 15.8 Å². The van der Waals surface area contributed by atoms with E-state index >= 15 is 0 Å². The van der Waals surface area contributed by atoms with E-state index < -0.39 is 11.8 Å². The molecule has 0 bridgehead atoms. The standard InChI is InChI=1S/C19H16N4O4S/c1-13(24)23(15-6-3-2-4-7-15)19-20-14(12-28-19)9-10-17(25)21-22-18(26)16-8-5-11-27-16/h2-12H,1H3,(H,21,25)(H,22,26)/b10-9+. The molecule has 0 aliphatic rings. The summed E-state index contributed by atoms with van der Waals surface area (Å²) < 4.78 is 4.92. The smallest absolute Gasteiger partial charge is 0.305 e. The number of aromatic nitrogens is 1. The number of thiazole rings is 1. The molecular weight excluding hydrogens is 380 g/mol. The SMILES string of the molecule is CC(=O)N(c1ccccc1)c1nc(/C=C/C(=O)NNC(=O)c2ccco2)cs1. The number of carbonyl (C=O) groups excluding carboxylic acids is 3.